The number of carbonyl (C=O) groups excluding carboxylic acids is 1. The number of rotatable bonds is 13. The van der Waals surface area contributed by atoms with Gasteiger partial charge in [0.1, 0.15) is 0 Å². The summed E-state index contributed by atoms with van der Waals surface area (Å²) in [5.41, 5.74) is -0.327. The number of H-pyrrole nitrogens is 1. The topological polar surface area (TPSA) is 150 Å². The van der Waals surface area contributed by atoms with Crippen LogP contribution in [0.1, 0.15) is 40.0 Å². The van der Waals surface area contributed by atoms with E-state index < -0.39 is 13.2 Å². The Labute approximate surface area is 167 Å². The van der Waals surface area contributed by atoms with Gasteiger partial charge in [0.2, 0.25) is 17.5 Å². The molecule has 0 unspecified atom stereocenters. The molecule has 0 aliphatic heterocycles. The standard InChI is InChI=1S/C16H27N6O6P/c1-4-27-29(25,28-5-2)10-8-6-7-9-26-11-22-20-13-14(21-22)18-16(17-12(3)23)19-15(13)24/h4-11H2,1-3H3,(H2,17,18,19,21,23,24). The molecule has 0 bridgehead atoms. The molecule has 1 amide bonds. The molecule has 0 aromatic carbocycles. The summed E-state index contributed by atoms with van der Waals surface area (Å²) >= 11 is 0. The molecule has 2 rings (SSSR count). The van der Waals surface area contributed by atoms with Crippen LogP contribution in [0.2, 0.25) is 0 Å². The first kappa shape index (κ1) is 23.1. The fourth-order valence-electron chi connectivity index (χ4n) is 2.54. The van der Waals surface area contributed by atoms with Crippen molar-refractivity contribution in [1.82, 2.24) is 25.0 Å². The van der Waals surface area contributed by atoms with Crippen molar-refractivity contribution >= 4 is 30.6 Å². The van der Waals surface area contributed by atoms with Crippen molar-refractivity contribution in [1.29, 1.82) is 0 Å². The molecule has 2 N–H and O–H groups in total. The number of ether oxygens (including phenoxy) is 1. The number of nitrogens with one attached hydrogen (secondary N) is 2. The molecule has 0 aliphatic carbocycles. The number of hydrogen-bond donors (Lipinski definition) is 2. The second kappa shape index (κ2) is 11.1. The molecule has 2 aromatic rings. The fraction of sp³-hybridized carbons (Fsp3) is 0.688. The van der Waals surface area contributed by atoms with Gasteiger partial charge >= 0.3 is 7.60 Å². The largest absolute Gasteiger partial charge is 0.357 e. The van der Waals surface area contributed by atoms with Gasteiger partial charge in [-0.3, -0.25) is 24.5 Å². The van der Waals surface area contributed by atoms with Gasteiger partial charge in [0, 0.05) is 13.5 Å². The van der Waals surface area contributed by atoms with Gasteiger partial charge in [-0.05, 0) is 26.7 Å². The normalized spacial score (nSPS) is 11.8. The highest BCUT2D eigenvalue weighted by Gasteiger charge is 2.22. The smallest absolute Gasteiger partial charge is 0.330 e. The highest BCUT2D eigenvalue weighted by molar-refractivity contribution is 7.53. The van der Waals surface area contributed by atoms with Crippen LogP contribution in [0.3, 0.4) is 0 Å². The third-order valence-electron chi connectivity index (χ3n) is 3.68. The van der Waals surface area contributed by atoms with Crippen molar-refractivity contribution in [2.24, 2.45) is 0 Å². The third kappa shape index (κ3) is 7.32. The van der Waals surface area contributed by atoms with Crippen LogP contribution in [0.15, 0.2) is 4.79 Å². The molecule has 29 heavy (non-hydrogen) atoms. The van der Waals surface area contributed by atoms with Crippen LogP contribution in [0.4, 0.5) is 5.95 Å². The van der Waals surface area contributed by atoms with E-state index in [4.69, 9.17) is 13.8 Å². The van der Waals surface area contributed by atoms with E-state index >= 15 is 0 Å². The van der Waals surface area contributed by atoms with Crippen molar-refractivity contribution in [2.45, 2.75) is 46.8 Å². The minimum atomic E-state index is -2.99. The Morgan fingerprint density at radius 2 is 1.90 bits per heavy atom. The summed E-state index contributed by atoms with van der Waals surface area (Å²) in [6.45, 7) is 6.10. The fourth-order valence-corrected chi connectivity index (χ4v) is 4.27. The first-order valence-electron chi connectivity index (χ1n) is 9.45. The summed E-state index contributed by atoms with van der Waals surface area (Å²) in [6, 6.07) is 0. The number of unbranched alkanes of at least 4 members (excludes halogenated alkanes) is 2. The van der Waals surface area contributed by atoms with Gasteiger partial charge in [-0.15, -0.1) is 10.2 Å². The van der Waals surface area contributed by atoms with Crippen LogP contribution >= 0.6 is 7.60 Å². The predicted molar refractivity (Wildman–Crippen MR) is 106 cm³/mol. The quantitative estimate of drug-likeness (QED) is 0.358. The Bertz CT molecular complexity index is 903. The maximum Gasteiger partial charge on any atom is 0.330 e. The van der Waals surface area contributed by atoms with Crippen molar-refractivity contribution in [3.8, 4) is 0 Å². The molecule has 0 saturated carbocycles. The molecule has 13 heteroatoms. The Hall–Kier alpha value is -2.14. The zero-order valence-electron chi connectivity index (χ0n) is 16.8. The number of carbonyl (C=O) groups is 1. The highest BCUT2D eigenvalue weighted by Crippen LogP contribution is 2.48. The number of hydrogen-bond acceptors (Lipinski definition) is 9. The highest BCUT2D eigenvalue weighted by atomic mass is 31.2. The van der Waals surface area contributed by atoms with Crippen LogP contribution in [-0.2, 0) is 29.9 Å². The molecule has 0 fully saturated rings. The molecule has 2 aromatic heterocycles. The van der Waals surface area contributed by atoms with Crippen LogP contribution in [0.25, 0.3) is 11.2 Å². The Morgan fingerprint density at radius 1 is 1.17 bits per heavy atom. The Morgan fingerprint density at radius 3 is 2.55 bits per heavy atom. The van der Waals surface area contributed by atoms with E-state index in [2.05, 4.69) is 25.5 Å². The SMILES string of the molecule is CCOP(=O)(CCCCCOCn1nc2nc(NC(C)=O)[nH]c(=O)c2n1)OCC. The lowest BCUT2D eigenvalue weighted by molar-refractivity contribution is -0.114. The number of amides is 1. The number of aromatic amines is 1. The van der Waals surface area contributed by atoms with E-state index in [-0.39, 0.29) is 29.8 Å². The average molecular weight is 430 g/mol. The van der Waals surface area contributed by atoms with Crippen molar-refractivity contribution < 1.29 is 23.1 Å². The van der Waals surface area contributed by atoms with Gasteiger partial charge in [-0.2, -0.15) is 9.78 Å². The maximum absolute atomic E-state index is 12.3. The van der Waals surface area contributed by atoms with Crippen LogP contribution in [0.5, 0.6) is 0 Å². The molecule has 12 nitrogen and oxygen atoms in total. The Balaban J connectivity index is 1.76. The second-order valence-electron chi connectivity index (χ2n) is 6.11. The molecule has 162 valence electrons. The molecular weight excluding hydrogens is 403 g/mol. The molecule has 2 heterocycles. The van der Waals surface area contributed by atoms with Crippen LogP contribution in [0, 0.1) is 0 Å². The van der Waals surface area contributed by atoms with E-state index in [0.717, 1.165) is 12.8 Å². The Kier molecular flexibility index (Phi) is 8.90. The van der Waals surface area contributed by atoms with Gasteiger partial charge in [-0.1, -0.05) is 6.42 Å². The number of nitrogens with zero attached hydrogens (tertiary/aromatic N) is 4. The van der Waals surface area contributed by atoms with Gasteiger partial charge in [-0.25, -0.2) is 0 Å². The number of fused-ring (bicyclic) bond motifs is 1. The van der Waals surface area contributed by atoms with Crippen molar-refractivity contribution in [3.05, 3.63) is 10.4 Å². The van der Waals surface area contributed by atoms with Crippen LogP contribution < -0.4 is 10.9 Å². The summed E-state index contributed by atoms with van der Waals surface area (Å²) in [6.07, 6.45) is 2.64. The first-order chi connectivity index (χ1) is 13.9. The van der Waals surface area contributed by atoms with E-state index in [1.165, 1.54) is 11.7 Å². The monoisotopic (exact) mass is 430 g/mol. The predicted octanol–water partition coefficient (Wildman–Crippen LogP) is 1.88. The summed E-state index contributed by atoms with van der Waals surface area (Å²) in [7, 11) is -2.99. The lowest BCUT2D eigenvalue weighted by Crippen LogP contribution is -2.16. The number of anilines is 1. The third-order valence-corrected chi connectivity index (χ3v) is 5.84. The lowest BCUT2D eigenvalue weighted by Gasteiger charge is -2.16. The van der Waals surface area contributed by atoms with E-state index in [1.54, 1.807) is 13.8 Å². The van der Waals surface area contributed by atoms with Gasteiger partial charge < -0.3 is 13.8 Å². The maximum atomic E-state index is 12.3. The summed E-state index contributed by atoms with van der Waals surface area (Å²) in [5, 5.41) is 10.5. The van der Waals surface area contributed by atoms with Crippen molar-refractivity contribution in [2.75, 3.05) is 31.3 Å². The molecule has 0 radical (unpaired) electrons. The van der Waals surface area contributed by atoms with Gasteiger partial charge in [0.25, 0.3) is 5.56 Å². The van der Waals surface area contributed by atoms with E-state index in [0.29, 0.717) is 32.4 Å². The minimum Gasteiger partial charge on any atom is -0.357 e. The van der Waals surface area contributed by atoms with E-state index in [1.807, 2.05) is 0 Å². The first-order valence-corrected chi connectivity index (χ1v) is 11.2. The van der Waals surface area contributed by atoms with Crippen LogP contribution in [-0.4, -0.2) is 56.9 Å². The second-order valence-corrected chi connectivity index (χ2v) is 8.29. The average Bonchev–Trinajstić information content (AvgIpc) is 3.04. The molecule has 0 saturated heterocycles. The molecule has 0 atom stereocenters. The zero-order chi connectivity index (χ0) is 21.3. The van der Waals surface area contributed by atoms with E-state index in [9.17, 15) is 14.2 Å². The lowest BCUT2D eigenvalue weighted by atomic mass is 10.3. The number of aromatic nitrogens is 5. The van der Waals surface area contributed by atoms with Gasteiger partial charge in [0.15, 0.2) is 12.2 Å². The zero-order valence-corrected chi connectivity index (χ0v) is 17.7. The molecule has 0 spiro atoms. The molecule has 0 aliphatic rings. The summed E-state index contributed by atoms with van der Waals surface area (Å²) in [5.74, 6) is -0.346. The molecular formula is C16H27N6O6P. The van der Waals surface area contributed by atoms with Crippen molar-refractivity contribution in [3.63, 3.8) is 0 Å². The minimum absolute atomic E-state index is 0.0133. The van der Waals surface area contributed by atoms with Gasteiger partial charge in [0.05, 0.1) is 19.4 Å². The summed E-state index contributed by atoms with van der Waals surface area (Å²) < 4.78 is 28.3. The summed E-state index contributed by atoms with van der Waals surface area (Å²) in [4.78, 5) is 30.7.